The molecule has 1 aromatic carbocycles. The number of hydrogen-bond donors (Lipinski definition) is 1. The van der Waals surface area contributed by atoms with E-state index in [0.717, 1.165) is 11.0 Å². The number of benzene rings is 1. The van der Waals surface area contributed by atoms with E-state index < -0.39 is 0 Å². The number of rotatable bonds is 0. The molecule has 0 bridgehead atoms. The van der Waals surface area contributed by atoms with Crippen molar-refractivity contribution in [3.05, 3.63) is 24.3 Å². The van der Waals surface area contributed by atoms with Crippen LogP contribution >= 0.6 is 0 Å². The summed E-state index contributed by atoms with van der Waals surface area (Å²) in [6, 6.07) is 7.74. The molecule has 3 rings (SSSR count). The van der Waals surface area contributed by atoms with Crippen LogP contribution in [0.15, 0.2) is 24.3 Å². The van der Waals surface area contributed by atoms with Crippen LogP contribution in [0.4, 0.5) is 0 Å². The number of aromatic amines is 1. The van der Waals surface area contributed by atoms with Crippen molar-refractivity contribution in [2.75, 3.05) is 0 Å². The van der Waals surface area contributed by atoms with Gasteiger partial charge in [0.05, 0.1) is 5.52 Å². The number of H-pyrrole nitrogens is 1. The molecule has 0 unspecified atom stereocenters. The van der Waals surface area contributed by atoms with Crippen LogP contribution in [0.5, 0.6) is 0 Å². The molecule has 0 aliphatic carbocycles. The molecular weight excluding hydrogens is 174 g/mol. The Hall–Kier alpha value is -1.24. The number of nitrogens with zero attached hydrogens (tertiary/aromatic N) is 2. The van der Waals surface area contributed by atoms with Gasteiger partial charge in [-0.2, -0.15) is 0 Å². The lowest BCUT2D eigenvalue weighted by Gasteiger charge is -1.79. The van der Waals surface area contributed by atoms with Crippen molar-refractivity contribution in [1.29, 1.82) is 0 Å². The third kappa shape index (κ3) is 1.88. The Morgan fingerprint density at radius 2 is 2.00 bits per heavy atom. The summed E-state index contributed by atoms with van der Waals surface area (Å²) >= 11 is 0. The molecule has 2 heterocycles. The van der Waals surface area contributed by atoms with Crippen LogP contribution in [0.2, 0.25) is 0 Å². The molecule has 1 aliphatic rings. The highest BCUT2D eigenvalue weighted by atomic mass is 28.3. The largest absolute Gasteiger partial charge is 0.379 e. The van der Waals surface area contributed by atoms with Crippen LogP contribution in [0.1, 0.15) is 0 Å². The van der Waals surface area contributed by atoms with Gasteiger partial charge in [-0.1, -0.05) is 17.3 Å². The fraction of sp³-hybridized carbons (Fsp3) is 0. The van der Waals surface area contributed by atoms with E-state index >= 15 is 0 Å². The fourth-order valence-corrected chi connectivity index (χ4v) is 0.788. The van der Waals surface area contributed by atoms with Crippen LogP contribution < -0.4 is 0 Å². The Morgan fingerprint density at radius 3 is 2.67 bits per heavy atom. The summed E-state index contributed by atoms with van der Waals surface area (Å²) in [5.41, 5.74) is 1.90. The van der Waals surface area contributed by atoms with Crippen molar-refractivity contribution in [2.24, 2.45) is 0 Å². The first-order valence-corrected chi connectivity index (χ1v) is 4.62. The molecule has 0 saturated carbocycles. The van der Waals surface area contributed by atoms with E-state index in [1.807, 2.05) is 24.3 Å². The summed E-state index contributed by atoms with van der Waals surface area (Å²) in [4.78, 5) is 0. The predicted octanol–water partition coefficient (Wildman–Crippen LogP) is -0.0951. The fourth-order valence-electron chi connectivity index (χ4n) is 0.788. The summed E-state index contributed by atoms with van der Waals surface area (Å²) in [6.07, 6.45) is 0. The molecular formula is C6H7N3O2Si. The maximum absolute atomic E-state index is 4.14. The van der Waals surface area contributed by atoms with Crippen LogP contribution in [0.3, 0.4) is 0 Å². The van der Waals surface area contributed by atoms with Crippen molar-refractivity contribution in [1.82, 2.24) is 15.4 Å². The minimum atomic E-state index is -0.333. The third-order valence-corrected chi connectivity index (χ3v) is 1.59. The van der Waals surface area contributed by atoms with Gasteiger partial charge in [0.15, 0.2) is 0 Å². The summed E-state index contributed by atoms with van der Waals surface area (Å²) in [6.45, 7) is 0. The number of aromatic nitrogens is 3. The van der Waals surface area contributed by atoms with Crippen molar-refractivity contribution in [3.63, 3.8) is 0 Å². The zero-order valence-corrected chi connectivity index (χ0v) is 7.64. The maximum atomic E-state index is 4.14. The van der Waals surface area contributed by atoms with Crippen LogP contribution in [0, 0.1) is 0 Å². The average molecular weight is 181 g/mol. The predicted molar refractivity (Wildman–Crippen MR) is 44.6 cm³/mol. The normalized spacial score (nSPS) is 13.7. The molecule has 62 valence electrons. The second kappa shape index (κ2) is 3.44. The zero-order valence-electron chi connectivity index (χ0n) is 6.23. The molecule has 1 fully saturated rings. The molecule has 0 atom stereocenters. The van der Waals surface area contributed by atoms with Crippen molar-refractivity contribution < 1.29 is 9.15 Å². The van der Waals surface area contributed by atoms with E-state index in [0.29, 0.717) is 0 Å². The third-order valence-electron chi connectivity index (χ3n) is 1.35. The Balaban J connectivity index is 0.000000159. The van der Waals surface area contributed by atoms with Gasteiger partial charge in [0, 0.05) is 0 Å². The van der Waals surface area contributed by atoms with E-state index in [4.69, 9.17) is 0 Å². The first-order valence-electron chi connectivity index (χ1n) is 3.47. The molecule has 0 radical (unpaired) electrons. The van der Waals surface area contributed by atoms with Crippen molar-refractivity contribution >= 4 is 21.0 Å². The van der Waals surface area contributed by atoms with Gasteiger partial charge in [0.2, 0.25) is 0 Å². The van der Waals surface area contributed by atoms with E-state index in [-0.39, 0.29) is 10.0 Å². The first kappa shape index (κ1) is 7.41. The quantitative estimate of drug-likeness (QED) is 0.350. The first-order chi connectivity index (χ1) is 5.97. The van der Waals surface area contributed by atoms with Crippen LogP contribution in [-0.2, 0) is 9.15 Å². The van der Waals surface area contributed by atoms with Gasteiger partial charge in [-0.25, -0.2) is 0 Å². The van der Waals surface area contributed by atoms with Gasteiger partial charge >= 0.3 is 10.0 Å². The molecule has 6 heteroatoms. The summed E-state index contributed by atoms with van der Waals surface area (Å²) < 4.78 is 8.28. The zero-order chi connectivity index (χ0) is 8.23. The molecule has 5 nitrogen and oxygen atoms in total. The smallest absolute Gasteiger partial charge is 0.265 e. The molecule has 1 N–H and O–H groups in total. The van der Waals surface area contributed by atoms with Crippen molar-refractivity contribution in [2.45, 2.75) is 0 Å². The van der Waals surface area contributed by atoms with Gasteiger partial charge in [0.1, 0.15) is 5.52 Å². The average Bonchev–Trinajstić information content (AvgIpc) is 2.91. The maximum Gasteiger partial charge on any atom is 0.379 e. The standard InChI is InChI=1S/C6H5N3.H2O2Si/c1-2-4-6-5(3-1)7-9-8-6;1-2-3-1/h1-4H,(H,7,8,9);3H2. The minimum absolute atomic E-state index is 0.333. The Bertz CT molecular complexity index is 329. The number of para-hydroxylation sites is 1. The van der Waals surface area contributed by atoms with Gasteiger partial charge in [-0.15, -0.1) is 5.10 Å². The lowest BCUT2D eigenvalue weighted by atomic mass is 10.3. The SMILES string of the molecule is O1O[SiH2]1.c1ccc2[nH]nnc2c1. The van der Waals surface area contributed by atoms with E-state index in [9.17, 15) is 0 Å². The Labute approximate surface area is 70.7 Å². The van der Waals surface area contributed by atoms with Gasteiger partial charge < -0.3 is 0 Å². The summed E-state index contributed by atoms with van der Waals surface area (Å²) in [5.74, 6) is 0. The lowest BCUT2D eigenvalue weighted by molar-refractivity contribution is 0.0850. The van der Waals surface area contributed by atoms with E-state index in [2.05, 4.69) is 24.6 Å². The number of hydrogen-bond acceptors (Lipinski definition) is 4. The minimum Gasteiger partial charge on any atom is -0.265 e. The Kier molecular flexibility index (Phi) is 2.12. The summed E-state index contributed by atoms with van der Waals surface area (Å²) in [7, 11) is -0.333. The molecule has 0 spiro atoms. The highest BCUT2D eigenvalue weighted by Crippen LogP contribution is 2.03. The summed E-state index contributed by atoms with van der Waals surface area (Å²) in [5, 5.41) is 10.2. The van der Waals surface area contributed by atoms with E-state index in [1.54, 1.807) is 0 Å². The second-order valence-corrected chi connectivity index (χ2v) is 2.89. The Morgan fingerprint density at radius 1 is 1.25 bits per heavy atom. The molecule has 12 heavy (non-hydrogen) atoms. The van der Waals surface area contributed by atoms with Gasteiger partial charge in [-0.3, -0.25) is 14.3 Å². The monoisotopic (exact) mass is 181 g/mol. The molecule has 1 saturated heterocycles. The number of fused-ring (bicyclic) bond motifs is 1. The molecule has 0 amide bonds. The second-order valence-electron chi connectivity index (χ2n) is 2.18. The van der Waals surface area contributed by atoms with Gasteiger partial charge in [0.25, 0.3) is 0 Å². The highest BCUT2D eigenvalue weighted by molar-refractivity contribution is 6.24. The topological polar surface area (TPSA) is 66.6 Å². The van der Waals surface area contributed by atoms with E-state index in [1.165, 1.54) is 0 Å². The van der Waals surface area contributed by atoms with Crippen molar-refractivity contribution in [3.8, 4) is 0 Å². The van der Waals surface area contributed by atoms with Crippen LogP contribution in [0.25, 0.3) is 11.0 Å². The highest BCUT2D eigenvalue weighted by Gasteiger charge is 1.98. The lowest BCUT2D eigenvalue weighted by Crippen LogP contribution is -1.63. The molecule has 1 aliphatic heterocycles. The van der Waals surface area contributed by atoms with Crippen LogP contribution in [-0.4, -0.2) is 25.4 Å². The molecule has 2 aromatic rings. The number of nitrogens with one attached hydrogen (secondary N) is 1. The van der Waals surface area contributed by atoms with Gasteiger partial charge in [-0.05, 0) is 12.1 Å². The molecule has 1 aromatic heterocycles.